The molecule has 0 spiro atoms. The summed E-state index contributed by atoms with van der Waals surface area (Å²) in [6.45, 7) is 0. The van der Waals surface area contributed by atoms with Gasteiger partial charge in [-0.2, -0.15) is 13.2 Å². The predicted octanol–water partition coefficient (Wildman–Crippen LogP) is 2.79. The van der Waals surface area contributed by atoms with Crippen LogP contribution in [0.2, 0.25) is 0 Å². The summed E-state index contributed by atoms with van der Waals surface area (Å²) in [6.07, 6.45) is -3.16. The molecule has 1 aliphatic rings. The third-order valence-corrected chi connectivity index (χ3v) is 3.51. The Balaban J connectivity index is 2.53. The number of hydrogen-bond donors (Lipinski definition) is 2. The van der Waals surface area contributed by atoms with Crippen LogP contribution in [0, 0.1) is 0 Å². The van der Waals surface area contributed by atoms with Gasteiger partial charge in [0.25, 0.3) is 0 Å². The molecule has 0 saturated heterocycles. The van der Waals surface area contributed by atoms with Crippen LogP contribution in [-0.4, -0.2) is 11.1 Å². The maximum atomic E-state index is 12.6. The van der Waals surface area contributed by atoms with Crippen LogP contribution >= 0.6 is 0 Å². The second-order valence-corrected chi connectivity index (χ2v) is 4.54. The average Bonchev–Trinajstić information content (AvgIpc) is 2.16. The highest BCUT2D eigenvalue weighted by atomic mass is 19.4. The Kier molecular flexibility index (Phi) is 2.76. The Bertz CT molecular complexity index is 493. The first kappa shape index (κ1) is 12.7. The number of carboxylic acids is 1. The molecule has 3 nitrogen and oxygen atoms in total. The van der Waals surface area contributed by atoms with Crippen molar-refractivity contribution >= 4 is 11.7 Å². The molecule has 0 atom stereocenters. The van der Waals surface area contributed by atoms with Crippen LogP contribution in [0.5, 0.6) is 0 Å². The van der Waals surface area contributed by atoms with Crippen molar-refractivity contribution in [2.75, 3.05) is 5.73 Å². The molecule has 0 aliphatic heterocycles. The van der Waals surface area contributed by atoms with Crippen LogP contribution in [0.15, 0.2) is 18.2 Å². The molecule has 1 aliphatic carbocycles. The lowest BCUT2D eigenvalue weighted by atomic mass is 9.64. The largest absolute Gasteiger partial charge is 0.481 e. The van der Waals surface area contributed by atoms with Crippen LogP contribution in [-0.2, 0) is 16.4 Å². The van der Waals surface area contributed by atoms with Gasteiger partial charge in [-0.3, -0.25) is 4.79 Å². The summed E-state index contributed by atoms with van der Waals surface area (Å²) >= 11 is 0. The van der Waals surface area contributed by atoms with E-state index in [4.69, 9.17) is 5.73 Å². The fraction of sp³-hybridized carbons (Fsp3) is 0.417. The summed E-state index contributed by atoms with van der Waals surface area (Å²) in [5, 5.41) is 9.22. The maximum absolute atomic E-state index is 12.6. The number of nitrogens with two attached hydrogens (primary N) is 1. The van der Waals surface area contributed by atoms with Gasteiger partial charge in [0.1, 0.15) is 0 Å². The van der Waals surface area contributed by atoms with Gasteiger partial charge < -0.3 is 10.8 Å². The highest BCUT2D eigenvalue weighted by Gasteiger charge is 2.48. The van der Waals surface area contributed by atoms with Crippen molar-refractivity contribution in [3.63, 3.8) is 0 Å². The van der Waals surface area contributed by atoms with Gasteiger partial charge in [-0.1, -0.05) is 6.42 Å². The van der Waals surface area contributed by atoms with Crippen LogP contribution in [0.3, 0.4) is 0 Å². The summed E-state index contributed by atoms with van der Waals surface area (Å²) in [6, 6.07) is 2.86. The van der Waals surface area contributed by atoms with E-state index in [1.807, 2.05) is 0 Å². The van der Waals surface area contributed by atoms with Crippen LogP contribution in [0.1, 0.15) is 30.4 Å². The standard InChI is InChI=1S/C12H12F3NO2/c13-12(14,15)7-2-3-9(16)8(6-7)11(10(17)18)4-1-5-11/h2-3,6H,1,4-5,16H2,(H,17,18). The van der Waals surface area contributed by atoms with Gasteiger partial charge in [0, 0.05) is 5.69 Å². The topological polar surface area (TPSA) is 63.3 Å². The van der Waals surface area contributed by atoms with E-state index in [0.29, 0.717) is 19.3 Å². The van der Waals surface area contributed by atoms with E-state index in [2.05, 4.69) is 0 Å². The molecule has 0 unspecified atom stereocenters. The first-order chi connectivity index (χ1) is 8.27. The number of rotatable bonds is 2. The van der Waals surface area contributed by atoms with E-state index < -0.39 is 23.1 Å². The lowest BCUT2D eigenvalue weighted by Gasteiger charge is -2.39. The second-order valence-electron chi connectivity index (χ2n) is 4.54. The van der Waals surface area contributed by atoms with Crippen molar-refractivity contribution in [3.8, 4) is 0 Å². The van der Waals surface area contributed by atoms with Gasteiger partial charge in [-0.25, -0.2) is 0 Å². The summed E-state index contributed by atoms with van der Waals surface area (Å²) < 4.78 is 37.9. The number of benzene rings is 1. The zero-order valence-electron chi connectivity index (χ0n) is 9.42. The van der Waals surface area contributed by atoms with Gasteiger partial charge in [0.15, 0.2) is 0 Å². The van der Waals surface area contributed by atoms with E-state index >= 15 is 0 Å². The molecule has 2 rings (SSSR count). The lowest BCUT2D eigenvalue weighted by Crippen LogP contribution is -2.43. The van der Waals surface area contributed by atoms with Crippen molar-refractivity contribution < 1.29 is 23.1 Å². The number of anilines is 1. The molecule has 1 aromatic carbocycles. The van der Waals surface area contributed by atoms with Crippen molar-refractivity contribution in [2.45, 2.75) is 30.9 Å². The second kappa shape index (κ2) is 3.90. The molecule has 98 valence electrons. The summed E-state index contributed by atoms with van der Waals surface area (Å²) in [7, 11) is 0. The van der Waals surface area contributed by atoms with Gasteiger partial charge in [0.05, 0.1) is 11.0 Å². The van der Waals surface area contributed by atoms with Gasteiger partial charge >= 0.3 is 12.1 Å². The molecule has 3 N–H and O–H groups in total. The van der Waals surface area contributed by atoms with Gasteiger partial charge in [-0.05, 0) is 36.6 Å². The Morgan fingerprint density at radius 1 is 1.33 bits per heavy atom. The van der Waals surface area contributed by atoms with Crippen LogP contribution in [0.25, 0.3) is 0 Å². The highest BCUT2D eigenvalue weighted by molar-refractivity contribution is 5.85. The molecule has 18 heavy (non-hydrogen) atoms. The average molecular weight is 259 g/mol. The Morgan fingerprint density at radius 2 is 1.94 bits per heavy atom. The molecule has 1 saturated carbocycles. The summed E-state index contributed by atoms with van der Waals surface area (Å²) in [4.78, 5) is 11.3. The number of alkyl halides is 3. The minimum Gasteiger partial charge on any atom is -0.481 e. The molecule has 0 bridgehead atoms. The number of halogens is 3. The highest BCUT2D eigenvalue weighted by Crippen LogP contribution is 2.47. The minimum absolute atomic E-state index is 0.0797. The van der Waals surface area contributed by atoms with Crippen molar-refractivity contribution in [1.29, 1.82) is 0 Å². The molecular formula is C12H12F3NO2. The van der Waals surface area contributed by atoms with Crippen molar-refractivity contribution in [3.05, 3.63) is 29.3 Å². The van der Waals surface area contributed by atoms with E-state index in [1.54, 1.807) is 0 Å². The molecule has 6 heteroatoms. The molecule has 0 aromatic heterocycles. The van der Waals surface area contributed by atoms with Gasteiger partial charge in [-0.15, -0.1) is 0 Å². The number of carbonyl (C=O) groups is 1. The quantitative estimate of drug-likeness (QED) is 0.803. The summed E-state index contributed by atoms with van der Waals surface area (Å²) in [5.74, 6) is -1.11. The maximum Gasteiger partial charge on any atom is 0.416 e. The molecule has 0 amide bonds. The number of carboxylic acid groups (broad SMARTS) is 1. The predicted molar refractivity (Wildman–Crippen MR) is 59.0 cm³/mol. The smallest absolute Gasteiger partial charge is 0.416 e. The zero-order chi connectivity index (χ0) is 13.6. The van der Waals surface area contributed by atoms with E-state index in [-0.39, 0.29) is 11.3 Å². The monoisotopic (exact) mass is 259 g/mol. The van der Waals surface area contributed by atoms with Crippen molar-refractivity contribution in [1.82, 2.24) is 0 Å². The normalized spacial score (nSPS) is 18.2. The molecule has 0 heterocycles. The Morgan fingerprint density at radius 3 is 2.33 bits per heavy atom. The molecular weight excluding hydrogens is 247 g/mol. The molecule has 0 radical (unpaired) electrons. The molecule has 1 fully saturated rings. The number of nitrogen functional groups attached to an aromatic ring is 1. The van der Waals surface area contributed by atoms with E-state index in [0.717, 1.165) is 18.2 Å². The zero-order valence-corrected chi connectivity index (χ0v) is 9.42. The van der Waals surface area contributed by atoms with Crippen LogP contribution < -0.4 is 5.73 Å². The lowest BCUT2D eigenvalue weighted by molar-refractivity contribution is -0.148. The van der Waals surface area contributed by atoms with Crippen LogP contribution in [0.4, 0.5) is 18.9 Å². The molecule has 1 aromatic rings. The Hall–Kier alpha value is -1.72. The third-order valence-electron chi connectivity index (χ3n) is 3.51. The first-order valence-electron chi connectivity index (χ1n) is 5.48. The third kappa shape index (κ3) is 1.81. The number of hydrogen-bond acceptors (Lipinski definition) is 2. The SMILES string of the molecule is Nc1ccc(C(F)(F)F)cc1C1(C(=O)O)CCC1. The number of aliphatic carboxylic acids is 1. The Labute approximate surface area is 101 Å². The fourth-order valence-electron chi connectivity index (χ4n) is 2.28. The van der Waals surface area contributed by atoms with E-state index in [1.165, 1.54) is 0 Å². The summed E-state index contributed by atoms with van der Waals surface area (Å²) in [5.41, 5.74) is 3.71. The first-order valence-corrected chi connectivity index (χ1v) is 5.48. The van der Waals surface area contributed by atoms with Gasteiger partial charge in [0.2, 0.25) is 0 Å². The fourth-order valence-corrected chi connectivity index (χ4v) is 2.28. The van der Waals surface area contributed by atoms with Crippen molar-refractivity contribution in [2.24, 2.45) is 0 Å². The van der Waals surface area contributed by atoms with E-state index in [9.17, 15) is 23.1 Å². The minimum atomic E-state index is -4.49.